The van der Waals surface area contributed by atoms with Crippen molar-refractivity contribution >= 4 is 0 Å². The quantitative estimate of drug-likeness (QED) is 0.567. The van der Waals surface area contributed by atoms with Crippen LogP contribution in [-0.4, -0.2) is 58.7 Å². The average molecular weight is 412 g/mol. The highest BCUT2D eigenvalue weighted by molar-refractivity contribution is 5.37. The van der Waals surface area contributed by atoms with Crippen LogP contribution in [0, 0.1) is 11.6 Å². The first-order valence-corrected chi connectivity index (χ1v) is 10.2. The van der Waals surface area contributed by atoms with Crippen molar-refractivity contribution in [3.8, 4) is 5.69 Å². The van der Waals surface area contributed by atoms with Crippen molar-refractivity contribution in [3.63, 3.8) is 0 Å². The van der Waals surface area contributed by atoms with Gasteiger partial charge in [0, 0.05) is 69.6 Å². The van der Waals surface area contributed by atoms with E-state index in [2.05, 4.69) is 20.9 Å². The van der Waals surface area contributed by atoms with Gasteiger partial charge in [0.25, 0.3) is 0 Å². The minimum absolute atomic E-state index is 0.353. The van der Waals surface area contributed by atoms with Gasteiger partial charge in [-0.05, 0) is 35.9 Å². The van der Waals surface area contributed by atoms with E-state index in [0.29, 0.717) is 12.2 Å². The summed E-state index contributed by atoms with van der Waals surface area (Å²) in [5, 5.41) is 0. The van der Waals surface area contributed by atoms with Crippen LogP contribution in [0.4, 0.5) is 8.78 Å². The topological polar surface area (TPSA) is 33.5 Å². The van der Waals surface area contributed by atoms with Gasteiger partial charge in [0.15, 0.2) is 0 Å². The number of nitrogens with zero attached hydrogens (tertiary/aromatic N) is 4. The molecule has 1 aliphatic heterocycles. The van der Waals surface area contributed by atoms with Gasteiger partial charge in [0.1, 0.15) is 11.6 Å². The average Bonchev–Trinajstić information content (AvgIpc) is 3.21. The van der Waals surface area contributed by atoms with E-state index in [9.17, 15) is 8.78 Å². The predicted octanol–water partition coefficient (Wildman–Crippen LogP) is 3.48. The fourth-order valence-electron chi connectivity index (χ4n) is 3.76. The maximum Gasteiger partial charge on any atom is 0.150 e. The number of morpholine rings is 1. The Morgan fingerprint density at radius 1 is 1.03 bits per heavy atom. The van der Waals surface area contributed by atoms with Crippen LogP contribution in [0.3, 0.4) is 0 Å². The number of pyridine rings is 1. The molecule has 5 nitrogen and oxygen atoms in total. The molecule has 3 heterocycles. The van der Waals surface area contributed by atoms with Crippen LogP contribution in [0.5, 0.6) is 0 Å². The van der Waals surface area contributed by atoms with E-state index >= 15 is 0 Å². The third-order valence-corrected chi connectivity index (χ3v) is 5.35. The van der Waals surface area contributed by atoms with Gasteiger partial charge >= 0.3 is 0 Å². The largest absolute Gasteiger partial charge is 0.379 e. The van der Waals surface area contributed by atoms with E-state index in [0.717, 1.165) is 63.3 Å². The van der Waals surface area contributed by atoms with Crippen molar-refractivity contribution in [2.75, 3.05) is 39.4 Å². The minimum atomic E-state index is -0.575. The lowest BCUT2D eigenvalue weighted by Gasteiger charge is -2.30. The lowest BCUT2D eigenvalue weighted by molar-refractivity contribution is 0.0324. The van der Waals surface area contributed by atoms with E-state index in [-0.39, 0.29) is 0 Å². The minimum Gasteiger partial charge on any atom is -0.379 e. The van der Waals surface area contributed by atoms with E-state index in [1.165, 1.54) is 12.1 Å². The van der Waals surface area contributed by atoms with E-state index in [4.69, 9.17) is 4.74 Å². The van der Waals surface area contributed by atoms with Crippen molar-refractivity contribution in [2.45, 2.75) is 13.1 Å². The molecular weight excluding hydrogens is 386 g/mol. The van der Waals surface area contributed by atoms with Gasteiger partial charge in [-0.1, -0.05) is 6.07 Å². The van der Waals surface area contributed by atoms with E-state index in [1.54, 1.807) is 10.8 Å². The van der Waals surface area contributed by atoms with Gasteiger partial charge < -0.3 is 9.30 Å². The summed E-state index contributed by atoms with van der Waals surface area (Å²) in [6.45, 7) is 6.62. The smallest absolute Gasteiger partial charge is 0.150 e. The van der Waals surface area contributed by atoms with Crippen molar-refractivity contribution in [3.05, 3.63) is 83.9 Å². The van der Waals surface area contributed by atoms with Crippen LogP contribution in [0.15, 0.2) is 61.1 Å². The lowest BCUT2D eigenvalue weighted by Crippen LogP contribution is -2.41. The van der Waals surface area contributed by atoms with E-state index < -0.39 is 11.6 Å². The van der Waals surface area contributed by atoms with Crippen LogP contribution in [0.1, 0.15) is 11.3 Å². The predicted molar refractivity (Wildman–Crippen MR) is 111 cm³/mol. The molecule has 7 heteroatoms. The third kappa shape index (κ3) is 5.30. The third-order valence-electron chi connectivity index (χ3n) is 5.35. The molecule has 0 N–H and O–H groups in total. The summed E-state index contributed by atoms with van der Waals surface area (Å²) in [6.07, 6.45) is 5.46. The maximum atomic E-state index is 14.4. The van der Waals surface area contributed by atoms with Gasteiger partial charge in [0.05, 0.1) is 18.9 Å². The summed E-state index contributed by atoms with van der Waals surface area (Å²) in [7, 11) is 0. The van der Waals surface area contributed by atoms with Crippen molar-refractivity contribution in [1.29, 1.82) is 0 Å². The molecule has 0 aliphatic carbocycles. The molecule has 0 spiro atoms. The molecule has 0 bridgehead atoms. The zero-order chi connectivity index (χ0) is 20.8. The molecule has 0 radical (unpaired) electrons. The number of halogens is 2. The Balaban J connectivity index is 1.51. The number of rotatable bonds is 8. The molecule has 1 fully saturated rings. The van der Waals surface area contributed by atoms with Crippen LogP contribution < -0.4 is 0 Å². The molecule has 0 atom stereocenters. The van der Waals surface area contributed by atoms with Gasteiger partial charge in [-0.2, -0.15) is 0 Å². The molecule has 0 amide bonds. The number of hydrogen-bond acceptors (Lipinski definition) is 4. The Hall–Kier alpha value is -2.61. The molecule has 2 aromatic heterocycles. The molecule has 1 aromatic carbocycles. The Morgan fingerprint density at radius 3 is 2.67 bits per heavy atom. The Morgan fingerprint density at radius 2 is 1.90 bits per heavy atom. The zero-order valence-electron chi connectivity index (χ0n) is 16.9. The van der Waals surface area contributed by atoms with Gasteiger partial charge in [-0.25, -0.2) is 8.78 Å². The molecule has 30 heavy (non-hydrogen) atoms. The van der Waals surface area contributed by atoms with Crippen LogP contribution in [0.25, 0.3) is 5.69 Å². The van der Waals surface area contributed by atoms with Gasteiger partial charge in [-0.3, -0.25) is 14.8 Å². The molecule has 4 rings (SSSR count). The molecule has 0 saturated carbocycles. The van der Waals surface area contributed by atoms with E-state index in [1.807, 2.05) is 30.6 Å². The van der Waals surface area contributed by atoms with Crippen molar-refractivity contribution in [1.82, 2.24) is 19.4 Å². The summed E-state index contributed by atoms with van der Waals surface area (Å²) in [6, 6.07) is 11.6. The Kier molecular flexibility index (Phi) is 6.84. The normalized spacial score (nSPS) is 15.0. The highest BCUT2D eigenvalue weighted by Gasteiger charge is 2.16. The Labute approximate surface area is 175 Å². The van der Waals surface area contributed by atoms with Crippen LogP contribution in [-0.2, 0) is 17.8 Å². The first-order chi connectivity index (χ1) is 14.7. The van der Waals surface area contributed by atoms with Crippen molar-refractivity contribution < 1.29 is 13.5 Å². The standard InChI is InChI=1S/C23H26F2N4O/c24-20-5-6-23(22(25)15-20)29-8-2-4-21(29)18-28(17-19-3-1-7-26-16-19)10-9-27-11-13-30-14-12-27/h1-8,15-16H,9-14,17-18H2. The molecular formula is C23H26F2N4O. The first kappa shape index (κ1) is 20.7. The number of aromatic nitrogens is 2. The summed E-state index contributed by atoms with van der Waals surface area (Å²) in [5.41, 5.74) is 2.43. The summed E-state index contributed by atoms with van der Waals surface area (Å²) in [5.74, 6) is -1.15. The molecule has 1 aliphatic rings. The lowest BCUT2D eigenvalue weighted by atomic mass is 10.2. The monoisotopic (exact) mass is 412 g/mol. The van der Waals surface area contributed by atoms with Crippen molar-refractivity contribution in [2.24, 2.45) is 0 Å². The number of hydrogen-bond donors (Lipinski definition) is 0. The highest BCUT2D eigenvalue weighted by atomic mass is 19.1. The van der Waals surface area contributed by atoms with Gasteiger partial charge in [0.2, 0.25) is 0 Å². The van der Waals surface area contributed by atoms with Gasteiger partial charge in [-0.15, -0.1) is 0 Å². The SMILES string of the molecule is Fc1ccc(-n2cccc2CN(CCN2CCOCC2)Cc2cccnc2)c(F)c1. The second kappa shape index (κ2) is 9.93. The summed E-state index contributed by atoms with van der Waals surface area (Å²) < 4.78 is 34.9. The summed E-state index contributed by atoms with van der Waals surface area (Å²) >= 11 is 0. The maximum absolute atomic E-state index is 14.4. The highest BCUT2D eigenvalue weighted by Crippen LogP contribution is 2.19. The summed E-state index contributed by atoms with van der Waals surface area (Å²) in [4.78, 5) is 8.96. The first-order valence-electron chi connectivity index (χ1n) is 10.2. The zero-order valence-corrected chi connectivity index (χ0v) is 16.9. The molecule has 1 saturated heterocycles. The molecule has 0 unspecified atom stereocenters. The Bertz CT molecular complexity index is 941. The second-order valence-electron chi connectivity index (χ2n) is 7.49. The number of ether oxygens (including phenoxy) is 1. The molecule has 3 aromatic rings. The molecule has 158 valence electrons. The second-order valence-corrected chi connectivity index (χ2v) is 7.49. The fourth-order valence-corrected chi connectivity index (χ4v) is 3.76. The fraction of sp³-hybridized carbons (Fsp3) is 0.348. The van der Waals surface area contributed by atoms with Crippen LogP contribution >= 0.6 is 0 Å². The number of benzene rings is 1. The van der Waals surface area contributed by atoms with Crippen LogP contribution in [0.2, 0.25) is 0 Å².